The molecule has 1 heterocycles. The van der Waals surface area contributed by atoms with Crippen molar-refractivity contribution < 1.29 is 8.81 Å². The van der Waals surface area contributed by atoms with Gasteiger partial charge in [-0.05, 0) is 37.6 Å². The Labute approximate surface area is 101 Å². The lowest BCUT2D eigenvalue weighted by Gasteiger charge is -1.93. The first-order valence-electron chi connectivity index (χ1n) is 5.93. The third kappa shape index (κ3) is 3.16. The molecule has 0 radical (unpaired) electrons. The fourth-order valence-corrected chi connectivity index (χ4v) is 1.47. The minimum absolute atomic E-state index is 0.252. The highest BCUT2D eigenvalue weighted by atomic mass is 19.1. The van der Waals surface area contributed by atoms with E-state index < -0.39 is 0 Å². The van der Waals surface area contributed by atoms with Gasteiger partial charge in [0.15, 0.2) is 0 Å². The molecule has 0 spiro atoms. The molecular weight excluding hydrogens is 217 g/mol. The summed E-state index contributed by atoms with van der Waals surface area (Å²) in [6.45, 7) is 7.91. The van der Waals surface area contributed by atoms with E-state index in [0.717, 1.165) is 23.4 Å². The van der Waals surface area contributed by atoms with Crippen molar-refractivity contribution in [3.05, 3.63) is 41.5 Å². The van der Waals surface area contributed by atoms with Crippen molar-refractivity contribution in [2.24, 2.45) is 0 Å². The van der Waals surface area contributed by atoms with E-state index in [0.29, 0.717) is 5.89 Å². The highest BCUT2D eigenvalue weighted by Gasteiger charge is 2.09. The van der Waals surface area contributed by atoms with E-state index in [9.17, 15) is 4.39 Å². The standard InChI is InChI=1S/C12H12FNO.C2H6/c1-3-11-8(2)15-12(14-11)9-4-6-10(13)7-5-9;1-2/h4-7H,3H2,1-2H3;1-2H3. The van der Waals surface area contributed by atoms with Crippen LogP contribution in [0.2, 0.25) is 0 Å². The lowest BCUT2D eigenvalue weighted by molar-refractivity contribution is 0.539. The van der Waals surface area contributed by atoms with Crippen LogP contribution in [0.4, 0.5) is 4.39 Å². The number of rotatable bonds is 2. The minimum Gasteiger partial charge on any atom is -0.441 e. The van der Waals surface area contributed by atoms with E-state index >= 15 is 0 Å². The van der Waals surface area contributed by atoms with E-state index in [1.54, 1.807) is 12.1 Å². The van der Waals surface area contributed by atoms with Crippen LogP contribution in [0.25, 0.3) is 11.5 Å². The van der Waals surface area contributed by atoms with Crippen LogP contribution in [0.5, 0.6) is 0 Å². The Morgan fingerprint density at radius 2 is 1.76 bits per heavy atom. The molecule has 3 heteroatoms. The van der Waals surface area contributed by atoms with Gasteiger partial charge in [-0.25, -0.2) is 9.37 Å². The number of hydrogen-bond acceptors (Lipinski definition) is 2. The second kappa shape index (κ2) is 6.18. The van der Waals surface area contributed by atoms with E-state index in [1.165, 1.54) is 12.1 Å². The Morgan fingerprint density at radius 1 is 1.18 bits per heavy atom. The summed E-state index contributed by atoms with van der Waals surface area (Å²) >= 11 is 0. The SMILES string of the molecule is CC.CCc1nc(-c2ccc(F)cc2)oc1C. The molecule has 2 nitrogen and oxygen atoms in total. The van der Waals surface area contributed by atoms with E-state index in [-0.39, 0.29) is 5.82 Å². The lowest BCUT2D eigenvalue weighted by Crippen LogP contribution is -1.83. The zero-order chi connectivity index (χ0) is 12.8. The zero-order valence-corrected chi connectivity index (χ0v) is 10.7. The van der Waals surface area contributed by atoms with Gasteiger partial charge in [-0.15, -0.1) is 0 Å². The summed E-state index contributed by atoms with van der Waals surface area (Å²) in [5.74, 6) is 1.14. The number of benzene rings is 1. The summed E-state index contributed by atoms with van der Waals surface area (Å²) in [6.07, 6.45) is 0.844. The van der Waals surface area contributed by atoms with Crippen LogP contribution in [-0.2, 0) is 6.42 Å². The molecule has 0 bridgehead atoms. The Balaban J connectivity index is 0.000000686. The van der Waals surface area contributed by atoms with Crippen molar-refractivity contribution in [3.8, 4) is 11.5 Å². The monoisotopic (exact) mass is 235 g/mol. The largest absolute Gasteiger partial charge is 0.441 e. The van der Waals surface area contributed by atoms with Crippen LogP contribution in [0.15, 0.2) is 28.7 Å². The van der Waals surface area contributed by atoms with Crippen molar-refractivity contribution in [3.63, 3.8) is 0 Å². The number of halogens is 1. The van der Waals surface area contributed by atoms with E-state index in [4.69, 9.17) is 4.42 Å². The maximum atomic E-state index is 12.7. The molecule has 2 aromatic rings. The average molecular weight is 235 g/mol. The van der Waals surface area contributed by atoms with Gasteiger partial charge in [0.2, 0.25) is 5.89 Å². The molecule has 17 heavy (non-hydrogen) atoms. The predicted molar refractivity (Wildman–Crippen MR) is 67.4 cm³/mol. The first-order chi connectivity index (χ1) is 8.20. The topological polar surface area (TPSA) is 26.0 Å². The average Bonchev–Trinajstić information content (AvgIpc) is 2.74. The van der Waals surface area contributed by atoms with Crippen molar-refractivity contribution in [1.29, 1.82) is 0 Å². The second-order valence-electron chi connectivity index (χ2n) is 3.38. The molecule has 0 N–H and O–H groups in total. The van der Waals surface area contributed by atoms with Crippen molar-refractivity contribution in [2.75, 3.05) is 0 Å². The quantitative estimate of drug-likeness (QED) is 0.772. The molecule has 0 aliphatic carbocycles. The summed E-state index contributed by atoms with van der Waals surface area (Å²) in [4.78, 5) is 4.34. The highest BCUT2D eigenvalue weighted by Crippen LogP contribution is 2.21. The van der Waals surface area contributed by atoms with Gasteiger partial charge in [0.05, 0.1) is 5.69 Å². The van der Waals surface area contributed by atoms with Crippen LogP contribution in [0, 0.1) is 12.7 Å². The van der Waals surface area contributed by atoms with Gasteiger partial charge in [-0.3, -0.25) is 0 Å². The van der Waals surface area contributed by atoms with Gasteiger partial charge in [-0.2, -0.15) is 0 Å². The Bertz CT molecular complexity index is 460. The van der Waals surface area contributed by atoms with Crippen molar-refractivity contribution >= 4 is 0 Å². The molecule has 0 saturated heterocycles. The molecule has 1 aromatic heterocycles. The van der Waals surface area contributed by atoms with Crippen LogP contribution in [0.1, 0.15) is 32.2 Å². The van der Waals surface area contributed by atoms with Crippen LogP contribution in [-0.4, -0.2) is 4.98 Å². The molecular formula is C14H18FNO. The summed E-state index contributed by atoms with van der Waals surface area (Å²) in [5, 5.41) is 0. The normalized spacial score (nSPS) is 9.71. The maximum Gasteiger partial charge on any atom is 0.226 e. The molecule has 0 amide bonds. The molecule has 0 fully saturated rings. The van der Waals surface area contributed by atoms with Crippen molar-refractivity contribution in [2.45, 2.75) is 34.1 Å². The van der Waals surface area contributed by atoms with Crippen LogP contribution < -0.4 is 0 Å². The third-order valence-corrected chi connectivity index (χ3v) is 2.32. The molecule has 0 unspecified atom stereocenters. The fourth-order valence-electron chi connectivity index (χ4n) is 1.47. The minimum atomic E-state index is -0.252. The fraction of sp³-hybridized carbons (Fsp3) is 0.357. The van der Waals surface area contributed by atoms with Gasteiger partial charge >= 0.3 is 0 Å². The predicted octanol–water partition coefficient (Wildman–Crippen LogP) is 4.38. The van der Waals surface area contributed by atoms with Gasteiger partial charge in [-0.1, -0.05) is 20.8 Å². The summed E-state index contributed by atoms with van der Waals surface area (Å²) in [7, 11) is 0. The third-order valence-electron chi connectivity index (χ3n) is 2.32. The molecule has 0 atom stereocenters. The number of oxazole rings is 1. The first-order valence-corrected chi connectivity index (χ1v) is 5.93. The van der Waals surface area contributed by atoms with Gasteiger partial charge in [0.1, 0.15) is 11.6 Å². The van der Waals surface area contributed by atoms with E-state index in [2.05, 4.69) is 4.98 Å². The molecule has 92 valence electrons. The summed E-state index contributed by atoms with van der Waals surface area (Å²) < 4.78 is 18.2. The summed E-state index contributed by atoms with van der Waals surface area (Å²) in [5.41, 5.74) is 1.76. The molecule has 1 aromatic carbocycles. The first kappa shape index (κ1) is 13.4. The molecule has 2 rings (SSSR count). The summed E-state index contributed by atoms with van der Waals surface area (Å²) in [6, 6.07) is 6.14. The molecule has 0 saturated carbocycles. The van der Waals surface area contributed by atoms with Gasteiger partial charge in [0, 0.05) is 5.56 Å². The number of aromatic nitrogens is 1. The number of nitrogens with zero attached hydrogens (tertiary/aromatic N) is 1. The maximum absolute atomic E-state index is 12.7. The van der Waals surface area contributed by atoms with Crippen LogP contribution in [0.3, 0.4) is 0 Å². The Morgan fingerprint density at radius 3 is 2.24 bits per heavy atom. The van der Waals surface area contributed by atoms with Crippen molar-refractivity contribution in [1.82, 2.24) is 4.98 Å². The number of hydrogen-bond donors (Lipinski definition) is 0. The molecule has 0 aliphatic rings. The highest BCUT2D eigenvalue weighted by molar-refractivity contribution is 5.53. The van der Waals surface area contributed by atoms with E-state index in [1.807, 2.05) is 27.7 Å². The van der Waals surface area contributed by atoms with Crippen LogP contribution >= 0.6 is 0 Å². The Hall–Kier alpha value is -1.64. The zero-order valence-electron chi connectivity index (χ0n) is 10.7. The van der Waals surface area contributed by atoms with Gasteiger partial charge in [0.25, 0.3) is 0 Å². The lowest BCUT2D eigenvalue weighted by atomic mass is 10.2. The van der Waals surface area contributed by atoms with Gasteiger partial charge < -0.3 is 4.42 Å². The Kier molecular flexibility index (Phi) is 4.88. The molecule has 0 aliphatic heterocycles. The number of aryl methyl sites for hydroxylation is 2. The second-order valence-corrected chi connectivity index (χ2v) is 3.38. The smallest absolute Gasteiger partial charge is 0.226 e.